The standard InChI is InChI=1S/C12H8ClN3/c13-12-15-5-4-11(16-12)7-9-2-1-3-10(6-9)8-14/h1-6H,7H2. The number of nitriles is 1. The fourth-order valence-electron chi connectivity index (χ4n) is 1.43. The molecule has 0 aliphatic heterocycles. The first-order chi connectivity index (χ1) is 7.78. The van der Waals surface area contributed by atoms with E-state index < -0.39 is 0 Å². The predicted molar refractivity (Wildman–Crippen MR) is 61.0 cm³/mol. The normalized spacial score (nSPS) is 9.75. The van der Waals surface area contributed by atoms with Gasteiger partial charge in [-0.2, -0.15) is 5.26 Å². The molecule has 2 rings (SSSR count). The number of halogens is 1. The lowest BCUT2D eigenvalue weighted by Gasteiger charge is -2.01. The molecule has 0 spiro atoms. The zero-order chi connectivity index (χ0) is 11.4. The highest BCUT2D eigenvalue weighted by Crippen LogP contribution is 2.10. The Hall–Kier alpha value is -1.92. The molecule has 0 fully saturated rings. The smallest absolute Gasteiger partial charge is 0.222 e. The molecule has 1 aromatic heterocycles. The van der Waals surface area contributed by atoms with Crippen molar-refractivity contribution in [2.45, 2.75) is 6.42 Å². The molecule has 78 valence electrons. The van der Waals surface area contributed by atoms with Crippen LogP contribution >= 0.6 is 11.6 Å². The SMILES string of the molecule is N#Cc1cccc(Cc2ccnc(Cl)n2)c1. The number of benzene rings is 1. The van der Waals surface area contributed by atoms with E-state index in [-0.39, 0.29) is 5.28 Å². The molecule has 3 nitrogen and oxygen atoms in total. The van der Waals surface area contributed by atoms with Crippen molar-refractivity contribution < 1.29 is 0 Å². The van der Waals surface area contributed by atoms with Crippen LogP contribution in [0.1, 0.15) is 16.8 Å². The molecule has 0 atom stereocenters. The number of hydrogen-bond acceptors (Lipinski definition) is 3. The first-order valence-corrected chi connectivity index (χ1v) is 5.12. The molecule has 0 radical (unpaired) electrons. The van der Waals surface area contributed by atoms with Gasteiger partial charge in [-0.1, -0.05) is 12.1 Å². The Labute approximate surface area is 98.4 Å². The van der Waals surface area contributed by atoms with E-state index in [0.717, 1.165) is 11.3 Å². The van der Waals surface area contributed by atoms with E-state index in [1.807, 2.05) is 24.3 Å². The van der Waals surface area contributed by atoms with Crippen molar-refractivity contribution in [1.29, 1.82) is 5.26 Å². The third-order valence-corrected chi connectivity index (χ3v) is 2.31. The molecule has 0 aliphatic carbocycles. The van der Waals surface area contributed by atoms with Crippen molar-refractivity contribution in [2.75, 3.05) is 0 Å². The largest absolute Gasteiger partial charge is 0.227 e. The summed E-state index contributed by atoms with van der Waals surface area (Å²) in [6.07, 6.45) is 2.27. The fraction of sp³-hybridized carbons (Fsp3) is 0.0833. The van der Waals surface area contributed by atoms with Crippen LogP contribution < -0.4 is 0 Å². The molecule has 0 aliphatic rings. The Balaban J connectivity index is 2.24. The van der Waals surface area contributed by atoms with E-state index in [4.69, 9.17) is 16.9 Å². The maximum absolute atomic E-state index is 8.78. The summed E-state index contributed by atoms with van der Waals surface area (Å²) in [4.78, 5) is 7.91. The minimum atomic E-state index is 0.244. The van der Waals surface area contributed by atoms with E-state index in [9.17, 15) is 0 Å². The van der Waals surface area contributed by atoms with Gasteiger partial charge >= 0.3 is 0 Å². The van der Waals surface area contributed by atoms with Crippen LogP contribution in [0.5, 0.6) is 0 Å². The quantitative estimate of drug-likeness (QED) is 0.744. The van der Waals surface area contributed by atoms with Crippen LogP contribution in [0.4, 0.5) is 0 Å². The number of aromatic nitrogens is 2. The highest BCUT2D eigenvalue weighted by molar-refractivity contribution is 6.28. The van der Waals surface area contributed by atoms with Gasteiger partial charge in [0.2, 0.25) is 5.28 Å². The van der Waals surface area contributed by atoms with Crippen LogP contribution in [0.2, 0.25) is 5.28 Å². The molecule has 16 heavy (non-hydrogen) atoms. The van der Waals surface area contributed by atoms with Crippen molar-refractivity contribution in [1.82, 2.24) is 9.97 Å². The van der Waals surface area contributed by atoms with Gasteiger partial charge < -0.3 is 0 Å². The van der Waals surface area contributed by atoms with Gasteiger partial charge in [0.05, 0.1) is 11.6 Å². The van der Waals surface area contributed by atoms with Crippen molar-refractivity contribution in [2.24, 2.45) is 0 Å². The van der Waals surface area contributed by atoms with Gasteiger partial charge in [0, 0.05) is 18.3 Å². The van der Waals surface area contributed by atoms with Crippen molar-refractivity contribution in [3.8, 4) is 6.07 Å². The lowest BCUT2D eigenvalue weighted by atomic mass is 10.1. The van der Waals surface area contributed by atoms with Crippen LogP contribution in [-0.4, -0.2) is 9.97 Å². The second kappa shape index (κ2) is 4.73. The van der Waals surface area contributed by atoms with Crippen LogP contribution in [0.3, 0.4) is 0 Å². The molecular weight excluding hydrogens is 222 g/mol. The average Bonchev–Trinajstić information content (AvgIpc) is 2.29. The lowest BCUT2D eigenvalue weighted by Crippen LogP contribution is -1.94. The highest BCUT2D eigenvalue weighted by Gasteiger charge is 2.00. The summed E-state index contributed by atoms with van der Waals surface area (Å²) in [5.74, 6) is 0. The van der Waals surface area contributed by atoms with E-state index >= 15 is 0 Å². The van der Waals surface area contributed by atoms with Gasteiger partial charge in [-0.05, 0) is 35.4 Å². The number of nitrogens with zero attached hydrogens (tertiary/aromatic N) is 3. The van der Waals surface area contributed by atoms with Gasteiger partial charge in [-0.3, -0.25) is 0 Å². The van der Waals surface area contributed by atoms with E-state index in [0.29, 0.717) is 12.0 Å². The van der Waals surface area contributed by atoms with Crippen LogP contribution in [0, 0.1) is 11.3 Å². The van der Waals surface area contributed by atoms with Crippen LogP contribution in [-0.2, 0) is 6.42 Å². The molecule has 0 saturated heterocycles. The minimum absolute atomic E-state index is 0.244. The lowest BCUT2D eigenvalue weighted by molar-refractivity contribution is 1.03. The Morgan fingerprint density at radius 3 is 2.94 bits per heavy atom. The Kier molecular flexibility index (Phi) is 3.13. The van der Waals surface area contributed by atoms with Crippen molar-refractivity contribution in [3.63, 3.8) is 0 Å². The summed E-state index contributed by atoms with van der Waals surface area (Å²) >= 11 is 5.70. The zero-order valence-electron chi connectivity index (χ0n) is 8.39. The second-order valence-electron chi connectivity index (χ2n) is 3.31. The molecular formula is C12H8ClN3. The maximum Gasteiger partial charge on any atom is 0.222 e. The highest BCUT2D eigenvalue weighted by atomic mass is 35.5. The number of rotatable bonds is 2. The average molecular weight is 230 g/mol. The third kappa shape index (κ3) is 2.56. The minimum Gasteiger partial charge on any atom is -0.227 e. The van der Waals surface area contributed by atoms with Gasteiger partial charge in [0.1, 0.15) is 0 Å². The van der Waals surface area contributed by atoms with E-state index in [1.165, 1.54) is 0 Å². The van der Waals surface area contributed by atoms with Crippen molar-refractivity contribution >= 4 is 11.6 Å². The summed E-state index contributed by atoms with van der Waals surface area (Å²) < 4.78 is 0. The molecule has 0 N–H and O–H groups in total. The first kappa shape index (κ1) is 10.6. The summed E-state index contributed by atoms with van der Waals surface area (Å²) in [5, 5.41) is 9.02. The topological polar surface area (TPSA) is 49.6 Å². The summed E-state index contributed by atoms with van der Waals surface area (Å²) in [7, 11) is 0. The predicted octanol–water partition coefficient (Wildman–Crippen LogP) is 2.59. The Bertz CT molecular complexity index is 546. The molecule has 0 amide bonds. The number of hydrogen-bond donors (Lipinski definition) is 0. The molecule has 0 unspecified atom stereocenters. The molecule has 1 aromatic carbocycles. The maximum atomic E-state index is 8.78. The van der Waals surface area contributed by atoms with E-state index in [2.05, 4.69) is 16.0 Å². The van der Waals surface area contributed by atoms with Gasteiger partial charge in [-0.25, -0.2) is 9.97 Å². The monoisotopic (exact) mass is 229 g/mol. The Morgan fingerprint density at radius 1 is 1.31 bits per heavy atom. The molecule has 1 heterocycles. The second-order valence-corrected chi connectivity index (χ2v) is 3.64. The van der Waals surface area contributed by atoms with Crippen molar-refractivity contribution in [3.05, 3.63) is 58.6 Å². The zero-order valence-corrected chi connectivity index (χ0v) is 9.15. The molecule has 0 saturated carbocycles. The third-order valence-electron chi connectivity index (χ3n) is 2.13. The van der Waals surface area contributed by atoms with Crippen LogP contribution in [0.15, 0.2) is 36.5 Å². The molecule has 4 heteroatoms. The fourth-order valence-corrected chi connectivity index (χ4v) is 1.59. The first-order valence-electron chi connectivity index (χ1n) is 4.74. The summed E-state index contributed by atoms with van der Waals surface area (Å²) in [6, 6.07) is 11.3. The van der Waals surface area contributed by atoms with Gasteiger partial charge in [0.25, 0.3) is 0 Å². The summed E-state index contributed by atoms with van der Waals surface area (Å²) in [6.45, 7) is 0. The van der Waals surface area contributed by atoms with Gasteiger partial charge in [0.15, 0.2) is 0 Å². The molecule has 0 bridgehead atoms. The summed E-state index contributed by atoms with van der Waals surface area (Å²) in [5.41, 5.74) is 2.53. The Morgan fingerprint density at radius 2 is 2.19 bits per heavy atom. The van der Waals surface area contributed by atoms with Crippen LogP contribution in [0.25, 0.3) is 0 Å². The molecule has 2 aromatic rings. The van der Waals surface area contributed by atoms with Gasteiger partial charge in [-0.15, -0.1) is 0 Å². The van der Waals surface area contributed by atoms with E-state index in [1.54, 1.807) is 12.3 Å².